The summed E-state index contributed by atoms with van der Waals surface area (Å²) in [6.45, 7) is 3.81. The van der Waals surface area contributed by atoms with Crippen LogP contribution in [0.5, 0.6) is 0 Å². The fourth-order valence-corrected chi connectivity index (χ4v) is 10.8. The number of carbonyl (C=O) groups is 1. The molecule has 0 saturated carbocycles. The summed E-state index contributed by atoms with van der Waals surface area (Å²) in [6, 6.07) is -0.824. The minimum Gasteiger partial charge on any atom is -0.394 e. The maximum atomic E-state index is 13.1. The van der Waals surface area contributed by atoms with Crippen LogP contribution < -0.4 is 5.32 Å². The van der Waals surface area contributed by atoms with E-state index in [1.165, 1.54) is 263 Å². The van der Waals surface area contributed by atoms with Crippen LogP contribution in [0.25, 0.3) is 0 Å². The van der Waals surface area contributed by atoms with E-state index in [1.54, 1.807) is 6.08 Å². The average Bonchev–Trinajstić information content (AvgIpc) is 3.45. The fourth-order valence-electron chi connectivity index (χ4n) is 10.8. The van der Waals surface area contributed by atoms with Gasteiger partial charge in [-0.1, -0.05) is 306 Å². The molecule has 7 unspecified atom stereocenters. The van der Waals surface area contributed by atoms with Crippen molar-refractivity contribution in [2.45, 2.75) is 371 Å². The molecule has 1 amide bonds. The van der Waals surface area contributed by atoms with Crippen molar-refractivity contribution >= 4 is 5.91 Å². The third kappa shape index (κ3) is 46.7. The first-order valence-corrected chi connectivity index (χ1v) is 33.9. The lowest BCUT2D eigenvalue weighted by Crippen LogP contribution is -2.60. The minimum atomic E-state index is -1.57. The Kier molecular flexibility index (Phi) is 55.5. The minimum absolute atomic E-state index is 0.183. The van der Waals surface area contributed by atoms with Crippen molar-refractivity contribution < 1.29 is 39.8 Å². The van der Waals surface area contributed by atoms with E-state index >= 15 is 0 Å². The van der Waals surface area contributed by atoms with Crippen LogP contribution in [0, 0.1) is 0 Å². The Balaban J connectivity index is 2.16. The molecule has 0 radical (unpaired) electrons. The van der Waals surface area contributed by atoms with Crippen LogP contribution in [-0.2, 0) is 14.3 Å². The number of amides is 1. The lowest BCUT2D eigenvalue weighted by molar-refractivity contribution is -0.302. The van der Waals surface area contributed by atoms with Crippen LogP contribution in [0.4, 0.5) is 0 Å². The molecule has 78 heavy (non-hydrogen) atoms. The zero-order valence-electron chi connectivity index (χ0n) is 51.2. The molecule has 1 aliphatic rings. The van der Waals surface area contributed by atoms with E-state index in [4.69, 9.17) is 9.47 Å². The molecule has 0 bridgehead atoms. The third-order valence-corrected chi connectivity index (χ3v) is 16.1. The van der Waals surface area contributed by atoms with Gasteiger partial charge in [-0.2, -0.15) is 0 Å². The molecule has 6 N–H and O–H groups in total. The molecule has 9 heteroatoms. The Hall–Kier alpha value is -1.85. The van der Waals surface area contributed by atoms with Crippen molar-refractivity contribution in [1.29, 1.82) is 0 Å². The van der Waals surface area contributed by atoms with Gasteiger partial charge >= 0.3 is 0 Å². The van der Waals surface area contributed by atoms with E-state index in [2.05, 4.69) is 55.6 Å². The normalized spacial score (nSPS) is 18.9. The van der Waals surface area contributed by atoms with E-state index < -0.39 is 49.5 Å². The Morgan fingerprint density at radius 3 is 1.15 bits per heavy atom. The first-order valence-electron chi connectivity index (χ1n) is 33.9. The molecule has 0 aromatic heterocycles. The van der Waals surface area contributed by atoms with Gasteiger partial charge in [0.2, 0.25) is 5.91 Å². The van der Waals surface area contributed by atoms with Crippen molar-refractivity contribution in [3.05, 3.63) is 48.6 Å². The molecule has 1 aliphatic heterocycles. The van der Waals surface area contributed by atoms with Gasteiger partial charge in [0.15, 0.2) is 6.29 Å². The monoisotopic (exact) mass is 1100 g/mol. The topological polar surface area (TPSA) is 149 Å². The summed E-state index contributed by atoms with van der Waals surface area (Å²) in [5.41, 5.74) is 0. The van der Waals surface area contributed by atoms with E-state index in [-0.39, 0.29) is 12.5 Å². The zero-order chi connectivity index (χ0) is 56.5. The van der Waals surface area contributed by atoms with Crippen LogP contribution in [0.15, 0.2) is 48.6 Å². The van der Waals surface area contributed by atoms with Crippen LogP contribution >= 0.6 is 0 Å². The summed E-state index contributed by atoms with van der Waals surface area (Å²) in [6.07, 6.45) is 72.1. The van der Waals surface area contributed by atoms with Crippen LogP contribution in [-0.4, -0.2) is 87.5 Å². The van der Waals surface area contributed by atoms with E-state index in [1.807, 2.05) is 6.08 Å². The maximum Gasteiger partial charge on any atom is 0.220 e. The van der Waals surface area contributed by atoms with Gasteiger partial charge in [-0.25, -0.2) is 0 Å². The molecule has 1 rings (SSSR count). The van der Waals surface area contributed by atoms with Crippen molar-refractivity contribution in [3.63, 3.8) is 0 Å². The number of hydrogen-bond donors (Lipinski definition) is 6. The van der Waals surface area contributed by atoms with Gasteiger partial charge in [0, 0.05) is 6.42 Å². The van der Waals surface area contributed by atoms with Gasteiger partial charge < -0.3 is 40.3 Å². The van der Waals surface area contributed by atoms with Crippen molar-refractivity contribution in [2.75, 3.05) is 13.2 Å². The smallest absolute Gasteiger partial charge is 0.220 e. The Morgan fingerprint density at radius 2 is 0.769 bits per heavy atom. The number of unbranched alkanes of at least 4 members (excludes halogenated alkanes) is 43. The molecule has 1 saturated heterocycles. The van der Waals surface area contributed by atoms with Crippen LogP contribution in [0.1, 0.15) is 328 Å². The molecule has 0 aliphatic carbocycles. The second-order valence-corrected chi connectivity index (χ2v) is 23.6. The maximum absolute atomic E-state index is 13.1. The standard InChI is InChI=1S/C69H129NO8/c1-3-5-7-9-11-13-15-17-19-21-23-25-27-29-30-31-32-33-34-35-37-39-41-43-45-47-49-51-53-55-57-59-65(73)70-62(61-77-69-68(76)67(75)66(74)64(60-71)78-69)63(72)58-56-54-52-50-48-46-44-42-40-38-36-28-26-24-22-20-18-16-14-12-10-8-6-4-2/h23,25,29-30,48,50,56,58,62-64,66-69,71-72,74-76H,3-22,24,26-28,31-47,49,51-55,57,59-61H2,1-2H3,(H,70,73)/b25-23-,30-29-,50-48+,58-56+. The number of nitrogens with one attached hydrogen (secondary N) is 1. The Bertz CT molecular complexity index is 1370. The largest absolute Gasteiger partial charge is 0.394 e. The number of rotatable bonds is 59. The lowest BCUT2D eigenvalue weighted by Gasteiger charge is -2.40. The molecule has 7 atom stereocenters. The van der Waals surface area contributed by atoms with E-state index in [0.717, 1.165) is 44.9 Å². The van der Waals surface area contributed by atoms with Crippen molar-refractivity contribution in [3.8, 4) is 0 Å². The third-order valence-electron chi connectivity index (χ3n) is 16.1. The number of aliphatic hydroxyl groups excluding tert-OH is 5. The summed E-state index contributed by atoms with van der Waals surface area (Å²) < 4.78 is 11.3. The molecule has 0 aromatic carbocycles. The highest BCUT2D eigenvalue weighted by molar-refractivity contribution is 5.76. The highest BCUT2D eigenvalue weighted by Crippen LogP contribution is 2.23. The molecule has 1 heterocycles. The second kappa shape index (κ2) is 58.4. The summed E-state index contributed by atoms with van der Waals surface area (Å²) in [7, 11) is 0. The van der Waals surface area contributed by atoms with Gasteiger partial charge in [0.25, 0.3) is 0 Å². The van der Waals surface area contributed by atoms with Gasteiger partial charge in [0.1, 0.15) is 24.4 Å². The average molecular weight is 1100 g/mol. The van der Waals surface area contributed by atoms with E-state index in [0.29, 0.717) is 6.42 Å². The van der Waals surface area contributed by atoms with Crippen molar-refractivity contribution in [2.24, 2.45) is 0 Å². The Morgan fingerprint density at radius 1 is 0.436 bits per heavy atom. The van der Waals surface area contributed by atoms with Gasteiger partial charge in [-0.05, 0) is 64.2 Å². The van der Waals surface area contributed by atoms with Gasteiger partial charge in [-0.3, -0.25) is 4.79 Å². The van der Waals surface area contributed by atoms with Crippen LogP contribution in [0.3, 0.4) is 0 Å². The summed E-state index contributed by atoms with van der Waals surface area (Å²) in [5.74, 6) is -0.183. The molecule has 9 nitrogen and oxygen atoms in total. The lowest BCUT2D eigenvalue weighted by atomic mass is 9.99. The molecule has 0 spiro atoms. The van der Waals surface area contributed by atoms with Gasteiger partial charge in [-0.15, -0.1) is 0 Å². The summed E-state index contributed by atoms with van der Waals surface area (Å²) in [4.78, 5) is 13.1. The number of aliphatic hydroxyl groups is 5. The zero-order valence-corrected chi connectivity index (χ0v) is 51.2. The van der Waals surface area contributed by atoms with Gasteiger partial charge in [0.05, 0.1) is 25.4 Å². The molecule has 0 aromatic rings. The predicted molar refractivity (Wildman–Crippen MR) is 332 cm³/mol. The van der Waals surface area contributed by atoms with Crippen molar-refractivity contribution in [1.82, 2.24) is 5.32 Å². The number of allylic oxidation sites excluding steroid dienone is 7. The summed E-state index contributed by atoms with van der Waals surface area (Å²) in [5, 5.41) is 54.7. The SMILES string of the molecule is CCCCCCCCCCC/C=C\C/C=C\CCCCCCCCCCCCCCCCCC(=O)NC(COC1OC(CO)C(O)C(O)C1O)C(O)/C=C/CC/C=C/CCCCCCCCCCCCCCCCCCCC. The molecule has 458 valence electrons. The Labute approximate surface area is 482 Å². The first-order chi connectivity index (χ1) is 38.3. The summed E-state index contributed by atoms with van der Waals surface area (Å²) >= 11 is 0. The number of hydrogen-bond acceptors (Lipinski definition) is 8. The highest BCUT2D eigenvalue weighted by Gasteiger charge is 2.44. The number of ether oxygens (including phenoxy) is 2. The molecular formula is C69H129NO8. The van der Waals surface area contributed by atoms with Crippen LogP contribution in [0.2, 0.25) is 0 Å². The molecule has 1 fully saturated rings. The highest BCUT2D eigenvalue weighted by atomic mass is 16.7. The first kappa shape index (κ1) is 74.2. The van der Waals surface area contributed by atoms with E-state index in [9.17, 15) is 30.3 Å². The quantitative estimate of drug-likeness (QED) is 0.0261. The second-order valence-electron chi connectivity index (χ2n) is 23.6. The predicted octanol–water partition coefficient (Wildman–Crippen LogP) is 18.0. The number of carbonyl (C=O) groups excluding carboxylic acids is 1. The molecular weight excluding hydrogens is 971 g/mol. The fraction of sp³-hybridized carbons (Fsp3) is 0.870.